The predicted molar refractivity (Wildman–Crippen MR) is 96.9 cm³/mol. The molecule has 1 aliphatic heterocycles. The molecular formula is C16H19ClN2O4S. The van der Waals surface area contributed by atoms with Crippen molar-refractivity contribution in [2.45, 2.75) is 0 Å². The minimum absolute atomic E-state index is 0. The summed E-state index contributed by atoms with van der Waals surface area (Å²) in [7, 11) is -3.14. The zero-order chi connectivity index (χ0) is 16.6. The molecule has 0 spiro atoms. The van der Waals surface area contributed by atoms with Crippen LogP contribution >= 0.6 is 12.4 Å². The van der Waals surface area contributed by atoms with E-state index in [4.69, 9.17) is 0 Å². The standard InChI is InChI=1S/C16H18N2O4S.ClH/c1-23(21,22)18-8-6-17(7-9-18)13-3-4-14-12(10-13)2-5-16(20)15(14)11-19;/h2-5,10-11,20H,6-9H2,1H3;1H. The topological polar surface area (TPSA) is 77.9 Å². The molecule has 0 saturated carbocycles. The molecule has 3 rings (SSSR count). The lowest BCUT2D eigenvalue weighted by Crippen LogP contribution is -2.48. The summed E-state index contributed by atoms with van der Waals surface area (Å²) in [4.78, 5) is 13.2. The van der Waals surface area contributed by atoms with Crippen LogP contribution in [0.3, 0.4) is 0 Å². The van der Waals surface area contributed by atoms with Gasteiger partial charge >= 0.3 is 0 Å². The average molecular weight is 371 g/mol. The number of carbonyl (C=O) groups excluding carboxylic acids is 1. The molecule has 24 heavy (non-hydrogen) atoms. The molecule has 0 amide bonds. The van der Waals surface area contributed by atoms with E-state index in [-0.39, 0.29) is 23.7 Å². The van der Waals surface area contributed by atoms with Crippen LogP contribution in [0.5, 0.6) is 5.75 Å². The number of nitrogens with zero attached hydrogens (tertiary/aromatic N) is 2. The van der Waals surface area contributed by atoms with E-state index in [1.807, 2.05) is 18.2 Å². The van der Waals surface area contributed by atoms with Gasteiger partial charge in [0.25, 0.3) is 0 Å². The van der Waals surface area contributed by atoms with Crippen LogP contribution < -0.4 is 4.90 Å². The number of aromatic hydroxyl groups is 1. The number of halogens is 1. The van der Waals surface area contributed by atoms with Gasteiger partial charge in [0.1, 0.15) is 5.75 Å². The zero-order valence-electron chi connectivity index (χ0n) is 13.2. The normalized spacial score (nSPS) is 16.0. The number of carbonyl (C=O) groups is 1. The third kappa shape index (κ3) is 3.48. The number of hydrogen-bond donors (Lipinski definition) is 1. The summed E-state index contributed by atoms with van der Waals surface area (Å²) in [6, 6.07) is 8.95. The number of phenols is 1. The maximum absolute atomic E-state index is 11.6. The number of piperazine rings is 1. The maximum Gasteiger partial charge on any atom is 0.211 e. The largest absolute Gasteiger partial charge is 0.507 e. The molecule has 0 radical (unpaired) electrons. The van der Waals surface area contributed by atoms with Gasteiger partial charge in [0.15, 0.2) is 6.29 Å². The van der Waals surface area contributed by atoms with Crippen molar-refractivity contribution in [2.24, 2.45) is 0 Å². The van der Waals surface area contributed by atoms with Gasteiger partial charge in [-0.3, -0.25) is 4.79 Å². The average Bonchev–Trinajstić information content (AvgIpc) is 2.54. The molecule has 1 fully saturated rings. The molecule has 0 aromatic heterocycles. The number of hydrogen-bond acceptors (Lipinski definition) is 5. The van der Waals surface area contributed by atoms with E-state index in [9.17, 15) is 18.3 Å². The summed E-state index contributed by atoms with van der Waals surface area (Å²) in [6.07, 6.45) is 1.88. The lowest BCUT2D eigenvalue weighted by molar-refractivity contribution is 0.112. The van der Waals surface area contributed by atoms with Crippen LogP contribution in [0, 0.1) is 0 Å². The van der Waals surface area contributed by atoms with E-state index in [0.29, 0.717) is 37.9 Å². The van der Waals surface area contributed by atoms with Crippen molar-refractivity contribution < 1.29 is 18.3 Å². The van der Waals surface area contributed by atoms with E-state index in [1.165, 1.54) is 16.6 Å². The SMILES string of the molecule is CS(=O)(=O)N1CCN(c2ccc3c(C=O)c(O)ccc3c2)CC1.Cl. The van der Waals surface area contributed by atoms with E-state index in [0.717, 1.165) is 11.1 Å². The highest BCUT2D eigenvalue weighted by atomic mass is 35.5. The molecule has 0 bridgehead atoms. The van der Waals surface area contributed by atoms with Crippen molar-refractivity contribution in [3.63, 3.8) is 0 Å². The number of rotatable bonds is 3. The summed E-state index contributed by atoms with van der Waals surface area (Å²) < 4.78 is 24.6. The van der Waals surface area contributed by atoms with Gasteiger partial charge in [-0.15, -0.1) is 12.4 Å². The number of phenolic OH excluding ortho intramolecular Hbond substituents is 1. The molecule has 8 heteroatoms. The summed E-state index contributed by atoms with van der Waals surface area (Å²) in [5.41, 5.74) is 1.27. The van der Waals surface area contributed by atoms with Gasteiger partial charge in [0, 0.05) is 31.9 Å². The van der Waals surface area contributed by atoms with Gasteiger partial charge < -0.3 is 10.0 Å². The molecule has 6 nitrogen and oxygen atoms in total. The van der Waals surface area contributed by atoms with Gasteiger partial charge in [-0.05, 0) is 29.0 Å². The Morgan fingerprint density at radius 2 is 1.75 bits per heavy atom. The number of aldehydes is 1. The Morgan fingerprint density at radius 3 is 2.33 bits per heavy atom. The van der Waals surface area contributed by atoms with Crippen molar-refractivity contribution in [1.82, 2.24) is 4.31 Å². The third-order valence-electron chi connectivity index (χ3n) is 4.21. The van der Waals surface area contributed by atoms with Crippen LogP contribution in [0.1, 0.15) is 10.4 Å². The van der Waals surface area contributed by atoms with Crippen molar-refractivity contribution in [3.8, 4) is 5.75 Å². The molecule has 130 valence electrons. The first-order valence-corrected chi connectivity index (χ1v) is 9.16. The summed E-state index contributed by atoms with van der Waals surface area (Å²) in [6.45, 7) is 2.17. The Morgan fingerprint density at radius 1 is 1.08 bits per heavy atom. The highest BCUT2D eigenvalue weighted by Gasteiger charge is 2.23. The number of fused-ring (bicyclic) bond motifs is 1. The number of benzene rings is 2. The van der Waals surface area contributed by atoms with Crippen molar-refractivity contribution in [2.75, 3.05) is 37.3 Å². The van der Waals surface area contributed by atoms with E-state index in [1.54, 1.807) is 6.07 Å². The molecule has 0 aliphatic carbocycles. The van der Waals surface area contributed by atoms with Crippen LogP contribution in [0.4, 0.5) is 5.69 Å². The maximum atomic E-state index is 11.6. The third-order valence-corrected chi connectivity index (χ3v) is 5.52. The summed E-state index contributed by atoms with van der Waals surface area (Å²) >= 11 is 0. The fourth-order valence-electron chi connectivity index (χ4n) is 2.93. The van der Waals surface area contributed by atoms with E-state index in [2.05, 4.69) is 4.90 Å². The minimum atomic E-state index is -3.14. The van der Waals surface area contributed by atoms with Gasteiger partial charge in [-0.1, -0.05) is 12.1 Å². The van der Waals surface area contributed by atoms with Crippen molar-refractivity contribution in [3.05, 3.63) is 35.9 Å². The second-order valence-electron chi connectivity index (χ2n) is 5.67. The minimum Gasteiger partial charge on any atom is -0.507 e. The fourth-order valence-corrected chi connectivity index (χ4v) is 3.75. The number of sulfonamides is 1. The van der Waals surface area contributed by atoms with Crippen LogP contribution in [-0.4, -0.2) is 56.6 Å². The molecular weight excluding hydrogens is 352 g/mol. The number of anilines is 1. The summed E-state index contributed by atoms with van der Waals surface area (Å²) in [5, 5.41) is 11.3. The lowest BCUT2D eigenvalue weighted by Gasteiger charge is -2.34. The van der Waals surface area contributed by atoms with Crippen LogP contribution in [0.2, 0.25) is 0 Å². The fraction of sp³-hybridized carbons (Fsp3) is 0.312. The highest BCUT2D eigenvalue weighted by Crippen LogP contribution is 2.29. The van der Waals surface area contributed by atoms with Crippen LogP contribution in [0.15, 0.2) is 30.3 Å². The van der Waals surface area contributed by atoms with Crippen molar-refractivity contribution in [1.29, 1.82) is 0 Å². The van der Waals surface area contributed by atoms with E-state index >= 15 is 0 Å². The van der Waals surface area contributed by atoms with Crippen molar-refractivity contribution >= 4 is 45.2 Å². The van der Waals surface area contributed by atoms with Crippen LogP contribution in [-0.2, 0) is 10.0 Å². The van der Waals surface area contributed by atoms with Crippen LogP contribution in [0.25, 0.3) is 10.8 Å². The smallest absolute Gasteiger partial charge is 0.211 e. The quantitative estimate of drug-likeness (QED) is 0.834. The van der Waals surface area contributed by atoms with Gasteiger partial charge in [-0.25, -0.2) is 8.42 Å². The Hall–Kier alpha value is -1.83. The lowest BCUT2D eigenvalue weighted by atomic mass is 10.0. The highest BCUT2D eigenvalue weighted by molar-refractivity contribution is 7.88. The molecule has 1 N–H and O–H groups in total. The van der Waals surface area contributed by atoms with Gasteiger partial charge in [0.05, 0.1) is 11.8 Å². The second kappa shape index (κ2) is 6.96. The second-order valence-corrected chi connectivity index (χ2v) is 7.65. The monoisotopic (exact) mass is 370 g/mol. The first-order chi connectivity index (χ1) is 10.9. The first-order valence-electron chi connectivity index (χ1n) is 7.31. The molecule has 2 aromatic carbocycles. The molecule has 1 saturated heterocycles. The molecule has 0 atom stereocenters. The van der Waals surface area contributed by atoms with E-state index < -0.39 is 10.0 Å². The predicted octanol–water partition coefficient (Wildman–Crippen LogP) is 1.86. The Labute approximate surface area is 147 Å². The molecule has 0 unspecified atom stereocenters. The van der Waals surface area contributed by atoms with Gasteiger partial charge in [-0.2, -0.15) is 4.31 Å². The summed E-state index contributed by atoms with van der Waals surface area (Å²) in [5.74, 6) is -0.0259. The Kier molecular flexibility index (Phi) is 5.37. The zero-order valence-corrected chi connectivity index (χ0v) is 14.8. The Bertz CT molecular complexity index is 862. The molecule has 1 heterocycles. The van der Waals surface area contributed by atoms with Gasteiger partial charge in [0.2, 0.25) is 10.0 Å². The molecule has 1 aliphatic rings. The Balaban J connectivity index is 0.00000208. The first kappa shape index (κ1) is 18.5. The molecule has 2 aromatic rings.